The predicted octanol–water partition coefficient (Wildman–Crippen LogP) is 4.01. The Morgan fingerprint density at radius 3 is 2.40 bits per heavy atom. The van der Waals surface area contributed by atoms with Crippen LogP contribution in [0.25, 0.3) is 0 Å². The van der Waals surface area contributed by atoms with Crippen LogP contribution >= 0.6 is 11.8 Å². The second-order valence-corrected chi connectivity index (χ2v) is 10.9. The lowest BCUT2D eigenvalue weighted by molar-refractivity contribution is -0.130. The molecule has 0 fully saturated rings. The van der Waals surface area contributed by atoms with Crippen LogP contribution in [0.1, 0.15) is 29.4 Å². The van der Waals surface area contributed by atoms with Gasteiger partial charge >= 0.3 is 0 Å². The van der Waals surface area contributed by atoms with Crippen molar-refractivity contribution < 1.29 is 28.5 Å². The molecule has 4 aromatic rings. The number of aromatic nitrogens is 3. The van der Waals surface area contributed by atoms with E-state index < -0.39 is 6.04 Å². The molecule has 1 aromatic heterocycles. The van der Waals surface area contributed by atoms with Crippen molar-refractivity contribution in [2.75, 3.05) is 33.7 Å². The van der Waals surface area contributed by atoms with Gasteiger partial charge in [-0.25, -0.2) is 5.01 Å². The first-order valence-electron chi connectivity index (χ1n) is 14.1. The lowest BCUT2D eigenvalue weighted by atomic mass is 9.97. The van der Waals surface area contributed by atoms with Crippen molar-refractivity contribution in [3.63, 3.8) is 0 Å². The van der Waals surface area contributed by atoms with E-state index in [4.69, 9.17) is 24.0 Å². The van der Waals surface area contributed by atoms with Gasteiger partial charge in [0.2, 0.25) is 0 Å². The topological polar surface area (TPSA) is 129 Å². The van der Waals surface area contributed by atoms with Gasteiger partial charge < -0.3 is 28.8 Å². The van der Waals surface area contributed by atoms with E-state index in [1.807, 2.05) is 60.7 Å². The number of benzene rings is 3. The summed E-state index contributed by atoms with van der Waals surface area (Å²) >= 11 is 1.24. The van der Waals surface area contributed by atoms with Crippen LogP contribution in [0.5, 0.6) is 23.0 Å². The molecule has 5 rings (SSSR count). The third-order valence-electron chi connectivity index (χ3n) is 7.19. The first-order valence-corrected chi connectivity index (χ1v) is 15.1. The molecular weight excluding hydrogens is 596 g/mol. The summed E-state index contributed by atoms with van der Waals surface area (Å²) in [6.45, 7) is 0.0421. The number of hydrogen-bond acceptors (Lipinski definition) is 10. The van der Waals surface area contributed by atoms with Gasteiger partial charge in [0.1, 0.15) is 11.5 Å². The average Bonchev–Trinajstić information content (AvgIpc) is 3.69. The molecule has 12 nitrogen and oxygen atoms in total. The fourth-order valence-corrected chi connectivity index (χ4v) is 5.61. The standard InChI is InChI=1S/C32H34N6O6S/c1-37-28(18-33-29(39)19-44-23-9-6-5-7-10-23)34-35-32(37)45-20-30(40)38-26(24-11-8-12-27(42-3)31(24)43-4)17-25(36-38)21-13-15-22(41-2)16-14-21/h5-16,26H,17-20H2,1-4H3,(H,33,39). The number of nitrogens with one attached hydrogen (secondary N) is 1. The summed E-state index contributed by atoms with van der Waals surface area (Å²) in [7, 11) is 6.56. The largest absolute Gasteiger partial charge is 0.497 e. The number of ether oxygens (including phenoxy) is 4. The molecule has 1 unspecified atom stereocenters. The number of carbonyl (C=O) groups excluding carboxylic acids is 2. The smallest absolute Gasteiger partial charge is 0.258 e. The number of carbonyl (C=O) groups is 2. The van der Waals surface area contributed by atoms with Gasteiger partial charge in [0.15, 0.2) is 29.1 Å². The molecule has 1 aliphatic rings. The van der Waals surface area contributed by atoms with E-state index in [1.165, 1.54) is 16.8 Å². The van der Waals surface area contributed by atoms with E-state index in [-0.39, 0.29) is 30.7 Å². The fourth-order valence-electron chi connectivity index (χ4n) is 4.83. The molecule has 2 heterocycles. The molecule has 0 saturated carbocycles. The van der Waals surface area contributed by atoms with Crippen LogP contribution in [0.4, 0.5) is 0 Å². The predicted molar refractivity (Wildman–Crippen MR) is 169 cm³/mol. The summed E-state index contributed by atoms with van der Waals surface area (Å²) in [5.41, 5.74) is 2.44. The van der Waals surface area contributed by atoms with Crippen molar-refractivity contribution in [3.05, 3.63) is 89.7 Å². The van der Waals surface area contributed by atoms with Crippen LogP contribution in [0, 0.1) is 0 Å². The minimum Gasteiger partial charge on any atom is -0.497 e. The maximum atomic E-state index is 13.7. The first kappa shape index (κ1) is 31.4. The third kappa shape index (κ3) is 7.37. The van der Waals surface area contributed by atoms with Gasteiger partial charge in [-0.1, -0.05) is 42.1 Å². The molecule has 0 aliphatic carbocycles. The van der Waals surface area contributed by atoms with Crippen molar-refractivity contribution in [3.8, 4) is 23.0 Å². The quantitative estimate of drug-likeness (QED) is 0.218. The van der Waals surface area contributed by atoms with Gasteiger partial charge in [0.25, 0.3) is 11.8 Å². The SMILES string of the molecule is COc1ccc(C2=NN(C(=O)CSc3nnc(CNC(=O)COc4ccccc4)n3C)C(c3cccc(OC)c3OC)C2)cc1. The van der Waals surface area contributed by atoms with E-state index in [2.05, 4.69) is 15.5 Å². The highest BCUT2D eigenvalue weighted by Gasteiger charge is 2.35. The lowest BCUT2D eigenvalue weighted by Crippen LogP contribution is -2.29. The Bertz CT molecular complexity index is 1660. The van der Waals surface area contributed by atoms with E-state index in [1.54, 1.807) is 45.1 Å². The van der Waals surface area contributed by atoms with Crippen molar-refractivity contribution in [2.24, 2.45) is 12.1 Å². The Hall–Kier alpha value is -5.04. The van der Waals surface area contributed by atoms with Gasteiger partial charge in [-0.05, 0) is 48.0 Å². The van der Waals surface area contributed by atoms with E-state index in [0.29, 0.717) is 34.7 Å². The first-order chi connectivity index (χ1) is 21.9. The molecular formula is C32H34N6O6S. The molecule has 13 heteroatoms. The minimum absolute atomic E-state index is 0.0609. The number of methoxy groups -OCH3 is 3. The Kier molecular flexibility index (Phi) is 10.2. The van der Waals surface area contributed by atoms with Crippen LogP contribution in [0.15, 0.2) is 83.1 Å². The number of hydrogen-bond donors (Lipinski definition) is 1. The molecule has 0 spiro atoms. The normalized spacial score (nSPS) is 14.1. The molecule has 3 aromatic carbocycles. The van der Waals surface area contributed by atoms with Crippen molar-refractivity contribution in [1.82, 2.24) is 25.1 Å². The average molecular weight is 631 g/mol. The van der Waals surface area contributed by atoms with Gasteiger partial charge in [0.05, 0.1) is 45.4 Å². The molecule has 45 heavy (non-hydrogen) atoms. The van der Waals surface area contributed by atoms with Gasteiger partial charge in [-0.2, -0.15) is 5.10 Å². The Morgan fingerprint density at radius 2 is 1.69 bits per heavy atom. The molecule has 0 radical (unpaired) electrons. The van der Waals surface area contributed by atoms with Crippen LogP contribution in [-0.4, -0.2) is 71.0 Å². The molecule has 1 aliphatic heterocycles. The Morgan fingerprint density at radius 1 is 0.911 bits per heavy atom. The number of nitrogens with zero attached hydrogens (tertiary/aromatic N) is 5. The third-order valence-corrected chi connectivity index (χ3v) is 8.19. The van der Waals surface area contributed by atoms with E-state index >= 15 is 0 Å². The second-order valence-electron chi connectivity index (χ2n) is 9.94. The summed E-state index contributed by atoms with van der Waals surface area (Å²) in [5.74, 6) is 2.56. The van der Waals surface area contributed by atoms with Crippen molar-refractivity contribution >= 4 is 29.3 Å². The van der Waals surface area contributed by atoms with E-state index in [0.717, 1.165) is 22.6 Å². The molecule has 1 N–H and O–H groups in total. The van der Waals surface area contributed by atoms with Gasteiger partial charge in [-0.15, -0.1) is 10.2 Å². The molecule has 2 amide bonds. The molecule has 1 atom stereocenters. The Balaban J connectivity index is 1.27. The number of para-hydroxylation sites is 2. The highest BCUT2D eigenvalue weighted by molar-refractivity contribution is 7.99. The highest BCUT2D eigenvalue weighted by atomic mass is 32.2. The lowest BCUT2D eigenvalue weighted by Gasteiger charge is -2.24. The summed E-state index contributed by atoms with van der Waals surface area (Å²) in [4.78, 5) is 26.0. The zero-order chi connectivity index (χ0) is 31.8. The van der Waals surface area contributed by atoms with Crippen LogP contribution < -0.4 is 24.3 Å². The zero-order valence-corrected chi connectivity index (χ0v) is 26.2. The highest BCUT2D eigenvalue weighted by Crippen LogP contribution is 2.42. The summed E-state index contributed by atoms with van der Waals surface area (Å²) in [5, 5.41) is 18.0. The van der Waals surface area contributed by atoms with E-state index in [9.17, 15) is 9.59 Å². The summed E-state index contributed by atoms with van der Waals surface area (Å²) in [6, 6.07) is 21.9. The maximum absolute atomic E-state index is 13.7. The minimum atomic E-state index is -0.413. The zero-order valence-electron chi connectivity index (χ0n) is 25.4. The van der Waals surface area contributed by atoms with Crippen LogP contribution in [0.3, 0.4) is 0 Å². The van der Waals surface area contributed by atoms with Gasteiger partial charge in [-0.3, -0.25) is 9.59 Å². The van der Waals surface area contributed by atoms with Crippen LogP contribution in [-0.2, 0) is 23.2 Å². The second kappa shape index (κ2) is 14.6. The monoisotopic (exact) mass is 630 g/mol. The number of hydrazone groups is 1. The summed E-state index contributed by atoms with van der Waals surface area (Å²) in [6.07, 6.45) is 0.480. The van der Waals surface area contributed by atoms with Crippen molar-refractivity contribution in [1.29, 1.82) is 0 Å². The van der Waals surface area contributed by atoms with Gasteiger partial charge in [0, 0.05) is 19.0 Å². The number of amides is 2. The fraction of sp³-hybridized carbons (Fsp3) is 0.281. The molecule has 234 valence electrons. The molecule has 0 saturated heterocycles. The molecule has 0 bridgehead atoms. The Labute approximate surface area is 265 Å². The number of thioether (sulfide) groups is 1. The summed E-state index contributed by atoms with van der Waals surface area (Å²) < 4.78 is 23.8. The number of rotatable bonds is 13. The van der Waals surface area contributed by atoms with Crippen LogP contribution in [0.2, 0.25) is 0 Å². The maximum Gasteiger partial charge on any atom is 0.258 e. The van der Waals surface area contributed by atoms with Crippen molar-refractivity contribution in [2.45, 2.75) is 24.2 Å².